The number of ether oxygens (including phenoxy) is 2. The first kappa shape index (κ1) is 26.0. The van der Waals surface area contributed by atoms with Crippen molar-refractivity contribution in [2.75, 3.05) is 13.7 Å². The lowest BCUT2D eigenvalue weighted by molar-refractivity contribution is -0.145. The van der Waals surface area contributed by atoms with Gasteiger partial charge in [0.1, 0.15) is 12.6 Å². The van der Waals surface area contributed by atoms with Gasteiger partial charge in [-0.05, 0) is 49.4 Å². The molecular weight excluding hydrogens is 448 g/mol. The molecule has 2 aromatic carbocycles. The highest BCUT2D eigenvalue weighted by Crippen LogP contribution is 2.44. The zero-order chi connectivity index (χ0) is 25.5. The minimum Gasteiger partial charge on any atom is -0.480 e. The summed E-state index contributed by atoms with van der Waals surface area (Å²) in [5.41, 5.74) is 5.35. The fourth-order valence-electron chi connectivity index (χ4n) is 4.14. The summed E-state index contributed by atoms with van der Waals surface area (Å²) in [4.78, 5) is 37.2. The van der Waals surface area contributed by atoms with E-state index in [0.717, 1.165) is 27.8 Å². The molecular formula is C27H32N2O6. The molecule has 3 unspecified atom stereocenters. The normalized spacial score (nSPS) is 14.6. The Morgan fingerprint density at radius 1 is 1.00 bits per heavy atom. The van der Waals surface area contributed by atoms with Crippen molar-refractivity contribution in [3.63, 3.8) is 0 Å². The quantitative estimate of drug-likeness (QED) is 0.445. The van der Waals surface area contributed by atoms with Crippen LogP contribution < -0.4 is 10.6 Å². The summed E-state index contributed by atoms with van der Waals surface area (Å²) < 4.78 is 10.6. The second-order valence-electron chi connectivity index (χ2n) is 8.80. The molecule has 2 aromatic rings. The molecule has 0 saturated heterocycles. The summed E-state index contributed by atoms with van der Waals surface area (Å²) in [5.74, 6) is -1.97. The van der Waals surface area contributed by atoms with E-state index in [1.165, 1.54) is 7.11 Å². The van der Waals surface area contributed by atoms with Gasteiger partial charge in [0.2, 0.25) is 5.91 Å². The lowest BCUT2D eigenvalue weighted by atomic mass is 9.98. The maximum Gasteiger partial charge on any atom is 0.407 e. The molecule has 8 heteroatoms. The molecule has 0 heterocycles. The number of carboxylic acid groups (broad SMARTS) is 1. The first-order valence-electron chi connectivity index (χ1n) is 11.5. The van der Waals surface area contributed by atoms with Crippen LogP contribution in [-0.4, -0.2) is 55.0 Å². The van der Waals surface area contributed by atoms with Crippen LogP contribution in [0, 0.1) is 0 Å². The van der Waals surface area contributed by atoms with Gasteiger partial charge in [0.05, 0.1) is 6.10 Å². The Hall–Kier alpha value is -3.65. The number of allylic oxidation sites excluding steroid dienone is 1. The Bertz CT molecular complexity index is 1060. The third-order valence-corrected chi connectivity index (χ3v) is 6.12. The summed E-state index contributed by atoms with van der Waals surface area (Å²) in [6.45, 7) is 5.39. The standard InChI is InChI=1S/C27H32N2O6/c1-16(2)13-14-23(25(30)29-24(26(31)32)17(3)34-4)28-27(33)35-15-22-20-11-7-5-9-18(20)19-10-6-8-12-21(19)22/h5-13,17,22-24H,14-15H2,1-4H3,(H,28,33)(H,29,30)(H,31,32). The predicted octanol–water partition coefficient (Wildman–Crippen LogP) is 3.85. The van der Waals surface area contributed by atoms with Crippen LogP contribution in [-0.2, 0) is 19.1 Å². The monoisotopic (exact) mass is 480 g/mol. The molecule has 1 aliphatic rings. The Balaban J connectivity index is 1.70. The molecule has 3 N–H and O–H groups in total. The van der Waals surface area contributed by atoms with E-state index in [4.69, 9.17) is 9.47 Å². The molecule has 0 fully saturated rings. The number of aliphatic carboxylic acids is 1. The van der Waals surface area contributed by atoms with Crippen molar-refractivity contribution < 1.29 is 29.0 Å². The minimum absolute atomic E-state index is 0.106. The van der Waals surface area contributed by atoms with Crippen molar-refractivity contribution in [2.24, 2.45) is 0 Å². The maximum atomic E-state index is 12.9. The number of fused-ring (bicyclic) bond motifs is 3. The number of carboxylic acids is 1. The fraction of sp³-hybridized carbons (Fsp3) is 0.370. The van der Waals surface area contributed by atoms with Crippen molar-refractivity contribution in [3.8, 4) is 11.1 Å². The molecule has 0 radical (unpaired) electrons. The average molecular weight is 481 g/mol. The van der Waals surface area contributed by atoms with E-state index in [9.17, 15) is 19.5 Å². The zero-order valence-electron chi connectivity index (χ0n) is 20.4. The lowest BCUT2D eigenvalue weighted by Crippen LogP contribution is -2.55. The number of amides is 2. The van der Waals surface area contributed by atoms with Crippen LogP contribution in [0.3, 0.4) is 0 Å². The molecule has 35 heavy (non-hydrogen) atoms. The van der Waals surface area contributed by atoms with Gasteiger partial charge in [0.25, 0.3) is 0 Å². The van der Waals surface area contributed by atoms with E-state index < -0.39 is 36.2 Å². The molecule has 0 aliphatic heterocycles. The minimum atomic E-state index is -1.26. The third-order valence-electron chi connectivity index (χ3n) is 6.12. The van der Waals surface area contributed by atoms with Gasteiger partial charge in [0, 0.05) is 13.0 Å². The van der Waals surface area contributed by atoms with Crippen LogP contribution in [0.25, 0.3) is 11.1 Å². The van der Waals surface area contributed by atoms with Crippen molar-refractivity contribution >= 4 is 18.0 Å². The van der Waals surface area contributed by atoms with Gasteiger partial charge in [-0.15, -0.1) is 0 Å². The molecule has 0 saturated carbocycles. The maximum absolute atomic E-state index is 12.9. The van der Waals surface area contributed by atoms with Gasteiger partial charge in [-0.25, -0.2) is 9.59 Å². The van der Waals surface area contributed by atoms with Gasteiger partial charge in [-0.1, -0.05) is 60.2 Å². The molecule has 3 atom stereocenters. The van der Waals surface area contributed by atoms with Crippen molar-refractivity contribution in [1.29, 1.82) is 0 Å². The number of hydrogen-bond donors (Lipinski definition) is 3. The highest BCUT2D eigenvalue weighted by Gasteiger charge is 2.32. The van der Waals surface area contributed by atoms with Crippen molar-refractivity contribution in [3.05, 3.63) is 71.3 Å². The van der Waals surface area contributed by atoms with Crippen LogP contribution in [0.1, 0.15) is 44.2 Å². The summed E-state index contributed by atoms with van der Waals surface area (Å²) >= 11 is 0. The SMILES string of the molecule is COC(C)C(NC(=O)C(CC=C(C)C)NC(=O)OCC1c2ccccc2-c2ccccc21)C(=O)O. The number of carbonyl (C=O) groups excluding carboxylic acids is 2. The van der Waals surface area contributed by atoms with Crippen LogP contribution in [0.15, 0.2) is 60.2 Å². The molecule has 0 spiro atoms. The Morgan fingerprint density at radius 2 is 1.57 bits per heavy atom. The van der Waals surface area contributed by atoms with E-state index in [0.29, 0.717) is 0 Å². The van der Waals surface area contributed by atoms with E-state index in [2.05, 4.69) is 10.6 Å². The first-order chi connectivity index (χ1) is 16.7. The van der Waals surface area contributed by atoms with Crippen molar-refractivity contribution in [2.45, 2.75) is 51.3 Å². The topological polar surface area (TPSA) is 114 Å². The number of alkyl carbamates (subject to hydrolysis) is 1. The summed E-state index contributed by atoms with van der Waals surface area (Å²) in [7, 11) is 1.36. The van der Waals surface area contributed by atoms with Crippen LogP contribution in [0.5, 0.6) is 0 Å². The number of carbonyl (C=O) groups is 3. The number of methoxy groups -OCH3 is 1. The van der Waals surface area contributed by atoms with Gasteiger partial charge < -0.3 is 25.2 Å². The predicted molar refractivity (Wildman–Crippen MR) is 132 cm³/mol. The second-order valence-corrected chi connectivity index (χ2v) is 8.80. The Kier molecular flexibility index (Phi) is 8.65. The first-order valence-corrected chi connectivity index (χ1v) is 11.5. The smallest absolute Gasteiger partial charge is 0.407 e. The van der Waals surface area contributed by atoms with Gasteiger partial charge in [0.15, 0.2) is 6.04 Å². The highest BCUT2D eigenvalue weighted by molar-refractivity contribution is 5.89. The van der Waals surface area contributed by atoms with Gasteiger partial charge in [-0.2, -0.15) is 0 Å². The number of rotatable bonds is 10. The third kappa shape index (κ3) is 6.27. The van der Waals surface area contributed by atoms with Crippen LogP contribution >= 0.6 is 0 Å². The largest absolute Gasteiger partial charge is 0.480 e. The molecule has 0 bridgehead atoms. The van der Waals surface area contributed by atoms with E-state index >= 15 is 0 Å². The molecule has 3 rings (SSSR count). The number of benzene rings is 2. The van der Waals surface area contributed by atoms with Crippen molar-refractivity contribution in [1.82, 2.24) is 10.6 Å². The molecule has 8 nitrogen and oxygen atoms in total. The van der Waals surface area contributed by atoms with E-state index in [1.807, 2.05) is 62.4 Å². The molecule has 2 amide bonds. The van der Waals surface area contributed by atoms with E-state index in [1.54, 1.807) is 13.0 Å². The van der Waals surface area contributed by atoms with Crippen LogP contribution in [0.2, 0.25) is 0 Å². The van der Waals surface area contributed by atoms with Gasteiger partial charge in [-0.3, -0.25) is 4.79 Å². The zero-order valence-corrected chi connectivity index (χ0v) is 20.4. The van der Waals surface area contributed by atoms with Gasteiger partial charge >= 0.3 is 12.1 Å². The molecule has 0 aromatic heterocycles. The van der Waals surface area contributed by atoms with E-state index in [-0.39, 0.29) is 18.9 Å². The number of nitrogens with one attached hydrogen (secondary N) is 2. The fourth-order valence-corrected chi connectivity index (χ4v) is 4.14. The highest BCUT2D eigenvalue weighted by atomic mass is 16.5. The Morgan fingerprint density at radius 3 is 2.09 bits per heavy atom. The number of hydrogen-bond acceptors (Lipinski definition) is 5. The average Bonchev–Trinajstić information content (AvgIpc) is 3.16. The summed E-state index contributed by atoms with van der Waals surface area (Å²) in [6, 6.07) is 13.7. The summed E-state index contributed by atoms with van der Waals surface area (Å²) in [6.07, 6.45) is 0.478. The second kappa shape index (κ2) is 11.7. The molecule has 1 aliphatic carbocycles. The summed E-state index contributed by atoms with van der Waals surface area (Å²) in [5, 5.41) is 14.5. The lowest BCUT2D eigenvalue weighted by Gasteiger charge is -2.24. The molecule has 186 valence electrons. The Labute approximate surface area is 205 Å². The van der Waals surface area contributed by atoms with Crippen LogP contribution in [0.4, 0.5) is 4.79 Å².